The Morgan fingerprint density at radius 3 is 3.06 bits per heavy atom. The lowest BCUT2D eigenvalue weighted by molar-refractivity contribution is -0.140. The maximum Gasteiger partial charge on any atom is 0.335 e. The van der Waals surface area contributed by atoms with Gasteiger partial charge in [0.05, 0.1) is 23.9 Å². The second-order valence-corrected chi connectivity index (χ2v) is 8.98. The van der Waals surface area contributed by atoms with Gasteiger partial charge in [-0.2, -0.15) is 0 Å². The number of aromatic carboxylic acids is 1. The first-order valence-electron chi connectivity index (χ1n) is 10.8. The molecule has 0 spiro atoms. The molecule has 4 atom stereocenters. The van der Waals surface area contributed by atoms with Crippen molar-refractivity contribution in [1.29, 1.82) is 0 Å². The van der Waals surface area contributed by atoms with Gasteiger partial charge in [0.15, 0.2) is 0 Å². The molecule has 1 aromatic heterocycles. The summed E-state index contributed by atoms with van der Waals surface area (Å²) in [4.78, 5) is 23.4. The zero-order valence-electron chi connectivity index (χ0n) is 17.9. The molecule has 0 radical (unpaired) electrons. The summed E-state index contributed by atoms with van der Waals surface area (Å²) >= 11 is 0. The van der Waals surface area contributed by atoms with Crippen molar-refractivity contribution >= 4 is 11.9 Å². The third-order valence-electron chi connectivity index (χ3n) is 6.75. The van der Waals surface area contributed by atoms with Crippen molar-refractivity contribution in [3.8, 4) is 11.3 Å². The van der Waals surface area contributed by atoms with Gasteiger partial charge in [-0.1, -0.05) is 35.6 Å². The first-order valence-corrected chi connectivity index (χ1v) is 10.8. The van der Waals surface area contributed by atoms with E-state index in [9.17, 15) is 14.7 Å². The van der Waals surface area contributed by atoms with E-state index in [1.807, 2.05) is 12.3 Å². The SMILES string of the molecule is C=C1C(=O)O[C@H]2[C@H]1CC/C(Cn1cc(-c3cccc(C(=O)O)c3)nn1)=C\CC[C@@]1(C)O[C@@H]21. The number of nitrogens with zero attached hydrogens (tertiary/aromatic N) is 3. The van der Waals surface area contributed by atoms with Gasteiger partial charge in [0.1, 0.15) is 17.9 Å². The van der Waals surface area contributed by atoms with E-state index in [-0.39, 0.29) is 35.3 Å². The third kappa shape index (κ3) is 3.75. The van der Waals surface area contributed by atoms with Crippen molar-refractivity contribution in [2.24, 2.45) is 5.92 Å². The van der Waals surface area contributed by atoms with Gasteiger partial charge in [0.25, 0.3) is 0 Å². The van der Waals surface area contributed by atoms with Crippen LogP contribution in [0.15, 0.2) is 54.3 Å². The molecule has 1 N–H and O–H groups in total. The zero-order chi connectivity index (χ0) is 22.5. The van der Waals surface area contributed by atoms with Gasteiger partial charge in [0.2, 0.25) is 0 Å². The number of hydrogen-bond acceptors (Lipinski definition) is 6. The van der Waals surface area contributed by atoms with Crippen LogP contribution in [0.4, 0.5) is 0 Å². The van der Waals surface area contributed by atoms with E-state index in [1.54, 1.807) is 22.9 Å². The molecule has 0 bridgehead atoms. The highest BCUT2D eigenvalue weighted by atomic mass is 16.6. The fraction of sp³-hybridized carbons (Fsp3) is 0.417. The maximum atomic E-state index is 12.1. The van der Waals surface area contributed by atoms with Gasteiger partial charge in [0, 0.05) is 17.1 Å². The molecule has 0 saturated carbocycles. The predicted molar refractivity (Wildman–Crippen MR) is 115 cm³/mol. The van der Waals surface area contributed by atoms with E-state index >= 15 is 0 Å². The molecule has 2 aliphatic heterocycles. The molecule has 5 rings (SSSR count). The van der Waals surface area contributed by atoms with Gasteiger partial charge in [-0.25, -0.2) is 14.3 Å². The Kier molecular flexibility index (Phi) is 4.97. The molecule has 1 aliphatic carbocycles. The Morgan fingerprint density at radius 1 is 1.41 bits per heavy atom. The fourth-order valence-electron chi connectivity index (χ4n) is 4.79. The van der Waals surface area contributed by atoms with Crippen molar-refractivity contribution in [1.82, 2.24) is 15.0 Å². The zero-order valence-corrected chi connectivity index (χ0v) is 17.9. The van der Waals surface area contributed by atoms with Crippen LogP contribution in [-0.4, -0.2) is 49.8 Å². The minimum atomic E-state index is -0.976. The van der Waals surface area contributed by atoms with Crippen molar-refractivity contribution in [3.05, 3.63) is 59.8 Å². The molecule has 0 unspecified atom stereocenters. The quantitative estimate of drug-likeness (QED) is 0.339. The topological polar surface area (TPSA) is 107 Å². The number of epoxide rings is 1. The Hall–Kier alpha value is -3.26. The number of allylic oxidation sites excluding steroid dienone is 2. The number of fused-ring (bicyclic) bond motifs is 3. The number of ether oxygens (including phenoxy) is 2. The summed E-state index contributed by atoms with van der Waals surface area (Å²) in [5.74, 6) is -1.33. The number of benzene rings is 1. The molecular weight excluding hydrogens is 410 g/mol. The van der Waals surface area contributed by atoms with Gasteiger partial charge in [-0.05, 0) is 44.7 Å². The number of esters is 1. The minimum Gasteiger partial charge on any atom is -0.478 e. The van der Waals surface area contributed by atoms with E-state index in [4.69, 9.17) is 9.47 Å². The van der Waals surface area contributed by atoms with Crippen LogP contribution in [0.5, 0.6) is 0 Å². The third-order valence-corrected chi connectivity index (χ3v) is 6.75. The largest absolute Gasteiger partial charge is 0.478 e. The number of carboxylic acid groups (broad SMARTS) is 1. The molecule has 1 aromatic carbocycles. The number of carbonyl (C=O) groups excluding carboxylic acids is 1. The molecule has 2 fully saturated rings. The van der Waals surface area contributed by atoms with E-state index in [1.165, 1.54) is 5.57 Å². The smallest absolute Gasteiger partial charge is 0.335 e. The Bertz CT molecular complexity index is 1140. The number of aromatic nitrogens is 3. The average molecular weight is 435 g/mol. The first-order chi connectivity index (χ1) is 15.3. The van der Waals surface area contributed by atoms with Gasteiger partial charge >= 0.3 is 11.9 Å². The van der Waals surface area contributed by atoms with Crippen molar-refractivity contribution in [2.45, 2.75) is 57.0 Å². The number of carbonyl (C=O) groups is 2. The van der Waals surface area contributed by atoms with E-state index < -0.39 is 5.97 Å². The number of rotatable bonds is 4. The highest BCUT2D eigenvalue weighted by Gasteiger charge is 2.61. The van der Waals surface area contributed by atoms with Crippen LogP contribution in [0.3, 0.4) is 0 Å². The highest BCUT2D eigenvalue weighted by Crippen LogP contribution is 2.49. The van der Waals surface area contributed by atoms with Crippen molar-refractivity contribution < 1.29 is 24.2 Å². The maximum absolute atomic E-state index is 12.1. The Balaban J connectivity index is 1.34. The number of carboxylic acids is 1. The van der Waals surface area contributed by atoms with Gasteiger partial charge in [-0.3, -0.25) is 0 Å². The Morgan fingerprint density at radius 2 is 2.25 bits per heavy atom. The molecule has 2 aromatic rings. The predicted octanol–water partition coefficient (Wildman–Crippen LogP) is 3.40. The van der Waals surface area contributed by atoms with Crippen LogP contribution < -0.4 is 0 Å². The van der Waals surface area contributed by atoms with E-state index in [2.05, 4.69) is 29.9 Å². The van der Waals surface area contributed by atoms with Crippen LogP contribution >= 0.6 is 0 Å². The van der Waals surface area contributed by atoms with Crippen LogP contribution in [0.1, 0.15) is 43.0 Å². The summed E-state index contributed by atoms with van der Waals surface area (Å²) in [7, 11) is 0. The van der Waals surface area contributed by atoms with Crippen LogP contribution in [-0.2, 0) is 20.8 Å². The average Bonchev–Trinajstić information content (AvgIpc) is 3.08. The highest BCUT2D eigenvalue weighted by molar-refractivity contribution is 5.91. The van der Waals surface area contributed by atoms with Crippen molar-refractivity contribution in [3.63, 3.8) is 0 Å². The monoisotopic (exact) mass is 435 g/mol. The van der Waals surface area contributed by atoms with Crippen LogP contribution in [0.25, 0.3) is 11.3 Å². The summed E-state index contributed by atoms with van der Waals surface area (Å²) in [6, 6.07) is 6.66. The van der Waals surface area contributed by atoms with E-state index in [0.717, 1.165) is 25.7 Å². The Labute approximate surface area is 185 Å². The van der Waals surface area contributed by atoms with Crippen LogP contribution in [0, 0.1) is 5.92 Å². The van der Waals surface area contributed by atoms with E-state index in [0.29, 0.717) is 23.4 Å². The standard InChI is InChI=1S/C24H25N3O5/c1-14-18-9-8-15(5-4-10-24(2)21(32-24)20(18)31-23(14)30)12-27-13-19(25-26-27)16-6-3-7-17(11-16)22(28)29/h3,5-7,11,13,18,20-21H,1,4,8-10,12H2,2H3,(H,28,29)/b15-5+/t18-,20-,21-,24+/m0/s1. The van der Waals surface area contributed by atoms with Crippen LogP contribution in [0.2, 0.25) is 0 Å². The number of hydrogen-bond donors (Lipinski definition) is 1. The molecular formula is C24H25N3O5. The lowest BCUT2D eigenvalue weighted by Gasteiger charge is -2.20. The lowest BCUT2D eigenvalue weighted by atomic mass is 9.84. The molecule has 0 amide bonds. The summed E-state index contributed by atoms with van der Waals surface area (Å²) in [5.41, 5.74) is 3.02. The lowest BCUT2D eigenvalue weighted by Crippen LogP contribution is -2.29. The summed E-state index contributed by atoms with van der Waals surface area (Å²) in [6.45, 7) is 6.62. The normalized spacial score (nSPS) is 31.2. The second kappa shape index (κ2) is 7.70. The summed E-state index contributed by atoms with van der Waals surface area (Å²) in [5, 5.41) is 17.7. The molecule has 166 valence electrons. The first kappa shape index (κ1) is 20.6. The van der Waals surface area contributed by atoms with Crippen molar-refractivity contribution in [2.75, 3.05) is 0 Å². The summed E-state index contributed by atoms with van der Waals surface area (Å²) in [6.07, 6.45) is 7.05. The summed E-state index contributed by atoms with van der Waals surface area (Å²) < 4.78 is 13.3. The van der Waals surface area contributed by atoms with Gasteiger partial charge < -0.3 is 14.6 Å². The molecule has 8 heteroatoms. The minimum absolute atomic E-state index is 0.0408. The van der Waals surface area contributed by atoms with Gasteiger partial charge in [-0.15, -0.1) is 5.10 Å². The molecule has 8 nitrogen and oxygen atoms in total. The molecule has 2 saturated heterocycles. The second-order valence-electron chi connectivity index (χ2n) is 8.98. The molecule has 32 heavy (non-hydrogen) atoms. The fourth-order valence-corrected chi connectivity index (χ4v) is 4.79. The molecule has 3 heterocycles. The molecule has 3 aliphatic rings.